The summed E-state index contributed by atoms with van der Waals surface area (Å²) in [5, 5.41) is 20.4. The number of hydrogen-bond acceptors (Lipinski definition) is 5. The van der Waals surface area contributed by atoms with Crippen LogP contribution in [-0.2, 0) is 16.1 Å². The number of ether oxygens (including phenoxy) is 1. The van der Waals surface area contributed by atoms with Gasteiger partial charge in [-0.05, 0) is 74.1 Å². The van der Waals surface area contributed by atoms with Crippen molar-refractivity contribution in [2.24, 2.45) is 23.2 Å². The lowest BCUT2D eigenvalue weighted by Crippen LogP contribution is -2.48. The van der Waals surface area contributed by atoms with E-state index in [1.54, 1.807) is 4.90 Å². The summed E-state index contributed by atoms with van der Waals surface area (Å²) < 4.78 is 33.6. The van der Waals surface area contributed by atoms with Crippen molar-refractivity contribution in [1.82, 2.24) is 9.80 Å². The van der Waals surface area contributed by atoms with Crippen LogP contribution in [0.3, 0.4) is 0 Å². The fraction of sp³-hybridized carbons (Fsp3) is 0.742. The third-order valence-electron chi connectivity index (χ3n) is 9.18. The Bertz CT molecular complexity index is 1000. The maximum absolute atomic E-state index is 13.8. The molecule has 6 nitrogen and oxygen atoms in total. The zero-order valence-corrected chi connectivity index (χ0v) is 23.6. The average Bonchev–Trinajstić information content (AvgIpc) is 2.90. The van der Waals surface area contributed by atoms with E-state index in [1.807, 2.05) is 32.0 Å². The number of nitriles is 1. The van der Waals surface area contributed by atoms with Crippen molar-refractivity contribution < 1.29 is 23.4 Å². The summed E-state index contributed by atoms with van der Waals surface area (Å²) in [6.45, 7) is 8.14. The number of aliphatic hydroxyl groups is 1. The number of fused-ring (bicyclic) bond motifs is 1. The second-order valence-electron chi connectivity index (χ2n) is 12.9. The quantitative estimate of drug-likeness (QED) is 0.560. The summed E-state index contributed by atoms with van der Waals surface area (Å²) in [6, 6.07) is 9.96. The van der Waals surface area contributed by atoms with Crippen molar-refractivity contribution in [1.29, 1.82) is 5.26 Å². The van der Waals surface area contributed by atoms with Gasteiger partial charge in [0, 0.05) is 57.5 Å². The van der Waals surface area contributed by atoms with E-state index in [0.29, 0.717) is 50.5 Å². The molecule has 39 heavy (non-hydrogen) atoms. The molecular weight excluding hydrogens is 500 g/mol. The molecule has 0 aromatic heterocycles. The molecule has 2 aliphatic heterocycles. The van der Waals surface area contributed by atoms with E-state index in [-0.39, 0.29) is 37.1 Å². The van der Waals surface area contributed by atoms with Crippen molar-refractivity contribution in [2.75, 3.05) is 39.4 Å². The number of aliphatic hydroxyl groups excluding tert-OH is 1. The molecule has 2 saturated heterocycles. The first-order chi connectivity index (χ1) is 18.5. The standard InChI is InChI=1S/C31H45F2N3O3/c1-30(2)22-39-14-4-7-27-20-35(18-25-6-3-5-24(15-25)17-34)13-10-26(27)16-29(38)36(21-28(30)37)19-23-8-11-31(32,33)12-9-23/h3,5-6,15,23,26-28,37H,4,7-14,16,18-22H2,1-2H3/t26-,27-,28-/m0/s1. The lowest BCUT2D eigenvalue weighted by Gasteiger charge is -2.40. The molecule has 1 aliphatic carbocycles. The summed E-state index contributed by atoms with van der Waals surface area (Å²) in [7, 11) is 0. The number of β-amino-alcohol motifs (C(OH)–C–C–N with tert-alkyl or cyclic N) is 1. The number of carbonyl (C=O) groups excluding carboxylic acids is 1. The lowest BCUT2D eigenvalue weighted by atomic mass is 9.79. The number of benzene rings is 1. The SMILES string of the molecule is CC1(C)COCCC[C@H]2CN(Cc3cccc(C#N)c3)CC[C@H]2CC(=O)N(CC2CCC(F)(F)CC2)C[C@@H]1O. The number of hydrogen-bond donors (Lipinski definition) is 1. The third kappa shape index (κ3) is 8.45. The molecule has 1 aromatic carbocycles. The van der Waals surface area contributed by atoms with Crippen molar-refractivity contribution in [3.8, 4) is 6.07 Å². The zero-order chi connectivity index (χ0) is 28.0. The summed E-state index contributed by atoms with van der Waals surface area (Å²) in [5.41, 5.74) is 1.27. The van der Waals surface area contributed by atoms with Gasteiger partial charge < -0.3 is 14.7 Å². The Kier molecular flexibility index (Phi) is 10.0. The second-order valence-corrected chi connectivity index (χ2v) is 12.9. The van der Waals surface area contributed by atoms with Crippen LogP contribution in [0.25, 0.3) is 0 Å². The molecule has 3 aliphatic rings. The molecular formula is C31H45F2N3O3. The fourth-order valence-electron chi connectivity index (χ4n) is 6.45. The Balaban J connectivity index is 1.46. The molecule has 1 amide bonds. The first-order valence-corrected chi connectivity index (χ1v) is 14.7. The third-order valence-corrected chi connectivity index (χ3v) is 9.18. The number of alkyl halides is 2. The van der Waals surface area contributed by atoms with Gasteiger partial charge in [0.1, 0.15) is 0 Å². The van der Waals surface area contributed by atoms with E-state index in [4.69, 9.17) is 4.74 Å². The monoisotopic (exact) mass is 545 g/mol. The largest absolute Gasteiger partial charge is 0.391 e. The molecule has 0 unspecified atom stereocenters. The smallest absolute Gasteiger partial charge is 0.248 e. The van der Waals surface area contributed by atoms with Crippen LogP contribution in [0.1, 0.15) is 76.3 Å². The van der Waals surface area contributed by atoms with Gasteiger partial charge in [0.15, 0.2) is 0 Å². The van der Waals surface area contributed by atoms with Gasteiger partial charge in [-0.25, -0.2) is 8.78 Å². The van der Waals surface area contributed by atoms with Crippen LogP contribution in [0.15, 0.2) is 24.3 Å². The van der Waals surface area contributed by atoms with Crippen LogP contribution in [0.2, 0.25) is 0 Å². The van der Waals surface area contributed by atoms with E-state index in [2.05, 4.69) is 17.0 Å². The fourth-order valence-corrected chi connectivity index (χ4v) is 6.45. The minimum absolute atomic E-state index is 0.0347. The van der Waals surface area contributed by atoms with Crippen LogP contribution >= 0.6 is 0 Å². The van der Waals surface area contributed by atoms with Crippen molar-refractivity contribution >= 4 is 5.91 Å². The highest BCUT2D eigenvalue weighted by Gasteiger charge is 2.39. The van der Waals surface area contributed by atoms with Crippen LogP contribution < -0.4 is 0 Å². The molecule has 0 spiro atoms. The molecule has 0 bridgehead atoms. The highest BCUT2D eigenvalue weighted by atomic mass is 19.3. The molecule has 8 heteroatoms. The lowest BCUT2D eigenvalue weighted by molar-refractivity contribution is -0.138. The van der Waals surface area contributed by atoms with Gasteiger partial charge in [-0.1, -0.05) is 26.0 Å². The molecule has 4 rings (SSSR count). The van der Waals surface area contributed by atoms with Crippen molar-refractivity contribution in [2.45, 2.75) is 83.8 Å². The van der Waals surface area contributed by atoms with E-state index >= 15 is 0 Å². The molecule has 3 fully saturated rings. The van der Waals surface area contributed by atoms with E-state index in [1.165, 1.54) is 0 Å². The average molecular weight is 546 g/mol. The highest BCUT2D eigenvalue weighted by Crippen LogP contribution is 2.37. The summed E-state index contributed by atoms with van der Waals surface area (Å²) >= 11 is 0. The predicted octanol–water partition coefficient (Wildman–Crippen LogP) is 5.24. The minimum Gasteiger partial charge on any atom is -0.391 e. The Hall–Kier alpha value is -2.08. The van der Waals surface area contributed by atoms with Gasteiger partial charge in [-0.2, -0.15) is 5.26 Å². The Morgan fingerprint density at radius 2 is 1.90 bits per heavy atom. The van der Waals surface area contributed by atoms with E-state index in [9.17, 15) is 23.9 Å². The first kappa shape index (κ1) is 29.9. The zero-order valence-electron chi connectivity index (χ0n) is 23.6. The Morgan fingerprint density at radius 3 is 2.64 bits per heavy atom. The molecule has 0 radical (unpaired) electrons. The van der Waals surface area contributed by atoms with Crippen molar-refractivity contribution in [3.05, 3.63) is 35.4 Å². The maximum atomic E-state index is 13.8. The first-order valence-electron chi connectivity index (χ1n) is 14.7. The number of piperidine rings is 1. The molecule has 1 N–H and O–H groups in total. The Morgan fingerprint density at radius 1 is 1.13 bits per heavy atom. The second kappa shape index (κ2) is 13.1. The Labute approximate surface area is 232 Å². The van der Waals surface area contributed by atoms with Gasteiger partial charge in [0.25, 0.3) is 0 Å². The number of amides is 1. The van der Waals surface area contributed by atoms with Gasteiger partial charge in [0.2, 0.25) is 11.8 Å². The van der Waals surface area contributed by atoms with Gasteiger partial charge in [-0.15, -0.1) is 0 Å². The molecule has 3 atom stereocenters. The number of rotatable bonds is 4. The van der Waals surface area contributed by atoms with E-state index in [0.717, 1.165) is 44.5 Å². The summed E-state index contributed by atoms with van der Waals surface area (Å²) in [5.74, 6) is -1.94. The maximum Gasteiger partial charge on any atom is 0.248 e. The van der Waals surface area contributed by atoms with Gasteiger partial charge in [-0.3, -0.25) is 9.69 Å². The van der Waals surface area contributed by atoms with Crippen LogP contribution in [-0.4, -0.2) is 72.2 Å². The highest BCUT2D eigenvalue weighted by molar-refractivity contribution is 5.76. The summed E-state index contributed by atoms with van der Waals surface area (Å²) in [6.07, 6.45) is 3.02. The van der Waals surface area contributed by atoms with Crippen LogP contribution in [0, 0.1) is 34.5 Å². The van der Waals surface area contributed by atoms with Gasteiger partial charge in [0.05, 0.1) is 24.3 Å². The number of nitrogens with zero attached hydrogens (tertiary/aromatic N) is 3. The molecule has 1 aromatic rings. The molecule has 1 saturated carbocycles. The molecule has 2 heterocycles. The number of likely N-dealkylation sites (tertiary alicyclic amines) is 1. The number of carbonyl (C=O) groups is 1. The van der Waals surface area contributed by atoms with E-state index < -0.39 is 17.4 Å². The van der Waals surface area contributed by atoms with Crippen molar-refractivity contribution in [3.63, 3.8) is 0 Å². The topological polar surface area (TPSA) is 76.8 Å². The van der Waals surface area contributed by atoms with Crippen LogP contribution in [0.4, 0.5) is 8.78 Å². The normalized spacial score (nSPS) is 29.4. The van der Waals surface area contributed by atoms with Crippen LogP contribution in [0.5, 0.6) is 0 Å². The van der Waals surface area contributed by atoms with Gasteiger partial charge >= 0.3 is 0 Å². The molecule has 216 valence electrons. The predicted molar refractivity (Wildman–Crippen MR) is 146 cm³/mol. The minimum atomic E-state index is -2.60. The number of halogens is 2. The summed E-state index contributed by atoms with van der Waals surface area (Å²) in [4.78, 5) is 18.0.